The number of rotatable bonds is 5. The van der Waals surface area contributed by atoms with Gasteiger partial charge in [0.25, 0.3) is 0 Å². The molecule has 0 radical (unpaired) electrons. The Hall–Kier alpha value is -1.82. The molecule has 1 aromatic heterocycles. The lowest BCUT2D eigenvalue weighted by atomic mass is 10.1. The first-order valence-corrected chi connectivity index (χ1v) is 7.36. The second kappa shape index (κ2) is 7.98. The zero-order chi connectivity index (χ0) is 15.9. The number of benzene rings is 1. The fourth-order valence-corrected chi connectivity index (χ4v) is 1.99. The molecule has 1 unspecified atom stereocenters. The highest BCUT2D eigenvalue weighted by atomic mass is 35.5. The maximum Gasteiger partial charge on any atom is 0.315 e. The monoisotopic (exact) mass is 339 g/mol. The molecule has 116 valence electrons. The number of halogens is 2. The third kappa shape index (κ3) is 5.18. The standard InChI is InChI=1S/C15H15Cl2N3O2/c16-12-4-2-11(3-5-12)13(21)9-20-15(22)19-8-10-1-6-14(17)18-7-10/h1-7,13,21H,8-9H2,(H2,19,20,22). The molecule has 7 heteroatoms. The maximum atomic E-state index is 11.7. The molecule has 2 rings (SSSR count). The van der Waals surface area contributed by atoms with Crippen molar-refractivity contribution in [2.75, 3.05) is 6.54 Å². The molecule has 2 aromatic rings. The van der Waals surface area contributed by atoms with Crippen LogP contribution in [0.4, 0.5) is 4.79 Å². The highest BCUT2D eigenvalue weighted by Crippen LogP contribution is 2.15. The number of hydrogen-bond acceptors (Lipinski definition) is 3. The van der Waals surface area contributed by atoms with E-state index in [0.29, 0.717) is 22.3 Å². The van der Waals surface area contributed by atoms with Crippen LogP contribution in [0.3, 0.4) is 0 Å². The van der Waals surface area contributed by atoms with Crippen LogP contribution in [0.5, 0.6) is 0 Å². The van der Waals surface area contributed by atoms with Crippen LogP contribution in [0.25, 0.3) is 0 Å². The summed E-state index contributed by atoms with van der Waals surface area (Å²) in [5.41, 5.74) is 1.52. The number of nitrogens with zero attached hydrogens (tertiary/aromatic N) is 1. The molecule has 0 bridgehead atoms. The summed E-state index contributed by atoms with van der Waals surface area (Å²) in [6.07, 6.45) is 0.797. The molecule has 0 aliphatic heterocycles. The van der Waals surface area contributed by atoms with Crippen LogP contribution in [0.1, 0.15) is 17.2 Å². The molecular weight excluding hydrogens is 325 g/mol. The maximum absolute atomic E-state index is 11.7. The summed E-state index contributed by atoms with van der Waals surface area (Å²) in [6, 6.07) is 9.86. The molecule has 22 heavy (non-hydrogen) atoms. The number of carbonyl (C=O) groups is 1. The lowest BCUT2D eigenvalue weighted by Crippen LogP contribution is -2.37. The largest absolute Gasteiger partial charge is 0.387 e. The molecular formula is C15H15Cl2N3O2. The number of amides is 2. The third-order valence-electron chi connectivity index (χ3n) is 2.95. The molecule has 0 aliphatic rings. The predicted octanol–water partition coefficient (Wildman–Crippen LogP) is 2.92. The average molecular weight is 340 g/mol. The van der Waals surface area contributed by atoms with E-state index in [4.69, 9.17) is 23.2 Å². The Balaban J connectivity index is 1.75. The van der Waals surface area contributed by atoms with Crippen LogP contribution in [0.15, 0.2) is 42.6 Å². The minimum absolute atomic E-state index is 0.104. The molecule has 0 saturated heterocycles. The molecule has 5 nitrogen and oxygen atoms in total. The first kappa shape index (κ1) is 16.5. The van der Waals surface area contributed by atoms with Gasteiger partial charge < -0.3 is 15.7 Å². The second-order valence-corrected chi connectivity index (χ2v) is 5.44. The van der Waals surface area contributed by atoms with Crippen LogP contribution < -0.4 is 10.6 Å². The van der Waals surface area contributed by atoms with E-state index < -0.39 is 6.10 Å². The topological polar surface area (TPSA) is 74.2 Å². The Morgan fingerprint density at radius 3 is 2.50 bits per heavy atom. The van der Waals surface area contributed by atoms with Crippen molar-refractivity contribution in [2.24, 2.45) is 0 Å². The molecule has 0 saturated carbocycles. The van der Waals surface area contributed by atoms with Crippen molar-refractivity contribution in [1.82, 2.24) is 15.6 Å². The van der Waals surface area contributed by atoms with E-state index in [2.05, 4.69) is 15.6 Å². The highest BCUT2D eigenvalue weighted by molar-refractivity contribution is 6.30. The smallest absolute Gasteiger partial charge is 0.315 e. The van der Waals surface area contributed by atoms with Gasteiger partial charge in [-0.1, -0.05) is 41.4 Å². The number of urea groups is 1. The van der Waals surface area contributed by atoms with E-state index in [-0.39, 0.29) is 12.6 Å². The second-order valence-electron chi connectivity index (χ2n) is 4.62. The summed E-state index contributed by atoms with van der Waals surface area (Å²) in [5.74, 6) is 0. The first-order chi connectivity index (χ1) is 10.5. The lowest BCUT2D eigenvalue weighted by molar-refractivity contribution is 0.173. The van der Waals surface area contributed by atoms with Crippen molar-refractivity contribution in [3.05, 3.63) is 63.9 Å². The number of aromatic nitrogens is 1. The number of pyridine rings is 1. The van der Waals surface area contributed by atoms with Crippen molar-refractivity contribution >= 4 is 29.2 Å². The number of aliphatic hydroxyl groups excluding tert-OH is 1. The summed E-state index contributed by atoms with van der Waals surface area (Å²) >= 11 is 11.5. The lowest BCUT2D eigenvalue weighted by Gasteiger charge is -2.13. The van der Waals surface area contributed by atoms with Gasteiger partial charge in [0, 0.05) is 24.3 Å². The van der Waals surface area contributed by atoms with Gasteiger partial charge in [0.15, 0.2) is 0 Å². The molecule has 0 fully saturated rings. The minimum Gasteiger partial charge on any atom is -0.387 e. The van der Waals surface area contributed by atoms with Gasteiger partial charge in [0.05, 0.1) is 6.10 Å². The van der Waals surface area contributed by atoms with Crippen LogP contribution in [-0.4, -0.2) is 22.7 Å². The highest BCUT2D eigenvalue weighted by Gasteiger charge is 2.09. The summed E-state index contributed by atoms with van der Waals surface area (Å²) in [7, 11) is 0. The zero-order valence-electron chi connectivity index (χ0n) is 11.6. The molecule has 2 amide bonds. The van der Waals surface area contributed by atoms with Crippen LogP contribution in [0, 0.1) is 0 Å². The molecule has 1 aromatic carbocycles. The molecule has 1 atom stereocenters. The van der Waals surface area contributed by atoms with Crippen molar-refractivity contribution in [1.29, 1.82) is 0 Å². The minimum atomic E-state index is -0.791. The van der Waals surface area contributed by atoms with Gasteiger partial charge in [-0.2, -0.15) is 0 Å². The van der Waals surface area contributed by atoms with Crippen molar-refractivity contribution in [2.45, 2.75) is 12.6 Å². The third-order valence-corrected chi connectivity index (χ3v) is 3.43. The average Bonchev–Trinajstić information content (AvgIpc) is 2.52. The predicted molar refractivity (Wildman–Crippen MR) is 85.9 cm³/mol. The summed E-state index contributed by atoms with van der Waals surface area (Å²) in [4.78, 5) is 15.6. The van der Waals surface area contributed by atoms with Gasteiger partial charge in [-0.3, -0.25) is 0 Å². The fourth-order valence-electron chi connectivity index (χ4n) is 1.75. The van der Waals surface area contributed by atoms with E-state index >= 15 is 0 Å². The van der Waals surface area contributed by atoms with E-state index in [9.17, 15) is 9.90 Å². The van der Waals surface area contributed by atoms with E-state index in [1.54, 1.807) is 42.6 Å². The Labute approximate surface area is 138 Å². The Bertz CT molecular complexity index is 618. The fraction of sp³-hybridized carbons (Fsp3) is 0.200. The number of nitrogens with one attached hydrogen (secondary N) is 2. The summed E-state index contributed by atoms with van der Waals surface area (Å²) in [6.45, 7) is 0.430. The Morgan fingerprint density at radius 2 is 1.86 bits per heavy atom. The quantitative estimate of drug-likeness (QED) is 0.733. The van der Waals surface area contributed by atoms with Gasteiger partial charge in [0.1, 0.15) is 5.15 Å². The molecule has 1 heterocycles. The van der Waals surface area contributed by atoms with Gasteiger partial charge in [-0.05, 0) is 29.3 Å². The van der Waals surface area contributed by atoms with Crippen LogP contribution >= 0.6 is 23.2 Å². The van der Waals surface area contributed by atoms with Gasteiger partial charge in [-0.15, -0.1) is 0 Å². The summed E-state index contributed by atoms with van der Waals surface area (Å²) in [5, 5.41) is 16.2. The number of hydrogen-bond donors (Lipinski definition) is 3. The summed E-state index contributed by atoms with van der Waals surface area (Å²) < 4.78 is 0. The molecule has 0 spiro atoms. The Morgan fingerprint density at radius 1 is 1.14 bits per heavy atom. The van der Waals surface area contributed by atoms with Gasteiger partial charge >= 0.3 is 6.03 Å². The number of carbonyl (C=O) groups excluding carboxylic acids is 1. The first-order valence-electron chi connectivity index (χ1n) is 6.60. The van der Waals surface area contributed by atoms with Crippen LogP contribution in [-0.2, 0) is 6.54 Å². The van der Waals surface area contributed by atoms with Gasteiger partial charge in [0.2, 0.25) is 0 Å². The zero-order valence-corrected chi connectivity index (χ0v) is 13.1. The Kier molecular flexibility index (Phi) is 6.00. The SMILES string of the molecule is O=C(NCc1ccc(Cl)nc1)NCC(O)c1ccc(Cl)cc1. The van der Waals surface area contributed by atoms with Crippen molar-refractivity contribution < 1.29 is 9.90 Å². The van der Waals surface area contributed by atoms with E-state index in [1.165, 1.54) is 0 Å². The normalized spacial score (nSPS) is 11.8. The van der Waals surface area contributed by atoms with Crippen LogP contribution in [0.2, 0.25) is 10.2 Å². The van der Waals surface area contributed by atoms with Gasteiger partial charge in [-0.25, -0.2) is 9.78 Å². The van der Waals surface area contributed by atoms with E-state index in [1.807, 2.05) is 0 Å². The molecule has 3 N–H and O–H groups in total. The number of aliphatic hydroxyl groups is 1. The molecule has 0 aliphatic carbocycles. The van der Waals surface area contributed by atoms with E-state index in [0.717, 1.165) is 5.56 Å². The van der Waals surface area contributed by atoms with Crippen molar-refractivity contribution in [3.8, 4) is 0 Å². The van der Waals surface area contributed by atoms with Crippen molar-refractivity contribution in [3.63, 3.8) is 0 Å².